The van der Waals surface area contributed by atoms with E-state index in [-0.39, 0.29) is 12.2 Å². The molecule has 0 saturated heterocycles. The van der Waals surface area contributed by atoms with Crippen LogP contribution in [-0.2, 0) is 4.74 Å². The molecule has 0 aliphatic carbocycles. The fourth-order valence-corrected chi connectivity index (χ4v) is 2.76. The lowest BCUT2D eigenvalue weighted by Crippen LogP contribution is -2.24. The molecule has 0 atom stereocenters. The number of aromatic nitrogens is 5. The van der Waals surface area contributed by atoms with Crippen LogP contribution in [0.25, 0.3) is 22.4 Å². The second-order valence-corrected chi connectivity index (χ2v) is 5.84. The first-order valence-corrected chi connectivity index (χ1v) is 8.15. The van der Waals surface area contributed by atoms with Crippen molar-refractivity contribution in [2.45, 2.75) is 6.92 Å². The van der Waals surface area contributed by atoms with Crippen molar-refractivity contribution < 1.29 is 9.53 Å². The molecule has 0 amide bonds. The molecule has 8 nitrogen and oxygen atoms in total. The lowest BCUT2D eigenvalue weighted by molar-refractivity contribution is 0.0523. The van der Waals surface area contributed by atoms with Crippen LogP contribution in [0.15, 0.2) is 47.8 Å². The van der Waals surface area contributed by atoms with E-state index in [9.17, 15) is 9.59 Å². The van der Waals surface area contributed by atoms with Crippen molar-refractivity contribution in [3.63, 3.8) is 0 Å². The first kappa shape index (κ1) is 16.2. The van der Waals surface area contributed by atoms with Gasteiger partial charge in [0.1, 0.15) is 11.9 Å². The molecule has 9 heteroatoms. The van der Waals surface area contributed by atoms with Crippen molar-refractivity contribution in [3.05, 3.63) is 63.9 Å². The minimum atomic E-state index is -0.712. The molecule has 130 valence electrons. The first-order valence-electron chi connectivity index (χ1n) is 7.77. The van der Waals surface area contributed by atoms with E-state index in [4.69, 9.17) is 16.3 Å². The van der Waals surface area contributed by atoms with E-state index in [1.54, 1.807) is 29.9 Å². The van der Waals surface area contributed by atoms with Gasteiger partial charge in [-0.15, -0.1) is 0 Å². The zero-order chi connectivity index (χ0) is 18.3. The van der Waals surface area contributed by atoms with Crippen LogP contribution in [0, 0.1) is 0 Å². The fraction of sp³-hybridized carbons (Fsp3) is 0.118. The number of hydrogen-bond donors (Lipinski definition) is 0. The maximum Gasteiger partial charge on any atom is 0.345 e. The summed E-state index contributed by atoms with van der Waals surface area (Å²) in [6, 6.07) is 7.12. The van der Waals surface area contributed by atoms with Gasteiger partial charge in [0.2, 0.25) is 0 Å². The fourth-order valence-electron chi connectivity index (χ4n) is 2.63. The summed E-state index contributed by atoms with van der Waals surface area (Å²) >= 11 is 5.92. The number of nitrogens with zero attached hydrogens (tertiary/aromatic N) is 5. The van der Waals surface area contributed by atoms with E-state index in [2.05, 4.69) is 15.1 Å². The number of benzene rings is 1. The standard InChI is InChI=1S/C17H12ClN5O3/c1-2-26-17(25)13-7-19-14-12-8-21-23(11-5-3-10(18)4-6-11)15(12)20-9-22(14)16(13)24/h3-9H,2H2,1H3. The van der Waals surface area contributed by atoms with Gasteiger partial charge >= 0.3 is 5.97 Å². The van der Waals surface area contributed by atoms with E-state index in [1.807, 2.05) is 12.1 Å². The molecule has 4 rings (SSSR count). The van der Waals surface area contributed by atoms with E-state index < -0.39 is 11.5 Å². The van der Waals surface area contributed by atoms with Gasteiger partial charge in [0.05, 0.1) is 23.9 Å². The molecule has 0 N–H and O–H groups in total. The molecule has 0 unspecified atom stereocenters. The zero-order valence-electron chi connectivity index (χ0n) is 13.6. The van der Waals surface area contributed by atoms with Crippen molar-refractivity contribution in [2.75, 3.05) is 6.61 Å². The average Bonchev–Trinajstić information content (AvgIpc) is 3.07. The summed E-state index contributed by atoms with van der Waals surface area (Å²) in [5.74, 6) is -0.712. The lowest BCUT2D eigenvalue weighted by atomic mass is 10.3. The molecular weight excluding hydrogens is 358 g/mol. The monoisotopic (exact) mass is 369 g/mol. The molecule has 1 aromatic carbocycles. The number of hydrogen-bond acceptors (Lipinski definition) is 6. The quantitative estimate of drug-likeness (QED) is 0.514. The van der Waals surface area contributed by atoms with Crippen LogP contribution in [0.4, 0.5) is 0 Å². The smallest absolute Gasteiger partial charge is 0.345 e. The van der Waals surface area contributed by atoms with Crippen molar-refractivity contribution in [1.29, 1.82) is 0 Å². The molecule has 0 bridgehead atoms. The topological polar surface area (TPSA) is 91.4 Å². The normalized spacial score (nSPS) is 11.2. The predicted molar refractivity (Wildman–Crippen MR) is 94.9 cm³/mol. The first-order chi connectivity index (χ1) is 12.6. The van der Waals surface area contributed by atoms with Crippen molar-refractivity contribution in [1.82, 2.24) is 24.1 Å². The largest absolute Gasteiger partial charge is 0.462 e. The average molecular weight is 370 g/mol. The molecule has 0 aliphatic rings. The molecular formula is C17H12ClN5O3. The van der Waals surface area contributed by atoms with Crippen LogP contribution >= 0.6 is 11.6 Å². The summed E-state index contributed by atoms with van der Waals surface area (Å²) in [5.41, 5.74) is 0.973. The highest BCUT2D eigenvalue weighted by molar-refractivity contribution is 6.30. The molecule has 0 radical (unpaired) electrons. The second kappa shape index (κ2) is 6.23. The Kier molecular flexibility index (Phi) is 3.89. The Bertz CT molecular complexity index is 1200. The summed E-state index contributed by atoms with van der Waals surface area (Å²) in [5, 5.41) is 5.52. The zero-order valence-corrected chi connectivity index (χ0v) is 14.3. The van der Waals surface area contributed by atoms with Crippen LogP contribution in [0.3, 0.4) is 0 Å². The number of ether oxygens (including phenoxy) is 1. The van der Waals surface area contributed by atoms with Crippen LogP contribution in [0.1, 0.15) is 17.3 Å². The summed E-state index contributed by atoms with van der Waals surface area (Å²) in [7, 11) is 0. The number of esters is 1. The number of halogens is 1. The Morgan fingerprint density at radius 2 is 1.92 bits per heavy atom. The van der Waals surface area contributed by atoms with Gasteiger partial charge in [-0.1, -0.05) is 11.6 Å². The Balaban J connectivity index is 1.92. The van der Waals surface area contributed by atoms with E-state index in [0.717, 1.165) is 5.69 Å². The van der Waals surface area contributed by atoms with Gasteiger partial charge in [-0.25, -0.2) is 23.8 Å². The van der Waals surface area contributed by atoms with E-state index >= 15 is 0 Å². The van der Waals surface area contributed by atoms with Gasteiger partial charge in [0, 0.05) is 11.2 Å². The summed E-state index contributed by atoms with van der Waals surface area (Å²) in [6.07, 6.45) is 4.11. The van der Waals surface area contributed by atoms with Gasteiger partial charge in [-0.2, -0.15) is 5.10 Å². The molecule has 0 aliphatic heterocycles. The minimum Gasteiger partial charge on any atom is -0.462 e. The lowest BCUT2D eigenvalue weighted by Gasteiger charge is -2.06. The Morgan fingerprint density at radius 1 is 1.15 bits per heavy atom. The van der Waals surface area contributed by atoms with Crippen molar-refractivity contribution >= 4 is 34.3 Å². The SMILES string of the molecule is CCOC(=O)c1cnc2c3cnn(-c4ccc(Cl)cc4)c3ncn2c1=O. The van der Waals surface area contributed by atoms with Crippen LogP contribution in [0.5, 0.6) is 0 Å². The molecule has 3 aromatic heterocycles. The third-order valence-corrected chi connectivity index (χ3v) is 4.09. The molecule has 0 fully saturated rings. The van der Waals surface area contributed by atoms with Crippen LogP contribution < -0.4 is 5.56 Å². The highest BCUT2D eigenvalue weighted by Crippen LogP contribution is 2.20. The maximum absolute atomic E-state index is 12.5. The van der Waals surface area contributed by atoms with Gasteiger partial charge < -0.3 is 4.74 Å². The van der Waals surface area contributed by atoms with Crippen molar-refractivity contribution in [3.8, 4) is 5.69 Å². The van der Waals surface area contributed by atoms with Gasteiger partial charge in [0.25, 0.3) is 5.56 Å². The molecule has 0 spiro atoms. The Morgan fingerprint density at radius 3 is 2.65 bits per heavy atom. The van der Waals surface area contributed by atoms with Gasteiger partial charge in [0.15, 0.2) is 11.3 Å². The van der Waals surface area contributed by atoms with E-state index in [1.165, 1.54) is 16.9 Å². The maximum atomic E-state index is 12.5. The molecule has 0 saturated carbocycles. The summed E-state index contributed by atoms with van der Waals surface area (Å²) < 4.78 is 7.71. The van der Waals surface area contributed by atoms with Gasteiger partial charge in [-0.3, -0.25) is 4.79 Å². The predicted octanol–water partition coefficient (Wildman–Crippen LogP) is 2.26. The second-order valence-electron chi connectivity index (χ2n) is 5.41. The molecule has 4 aromatic rings. The number of rotatable bonds is 3. The number of carbonyl (C=O) groups excluding carboxylic acids is 1. The van der Waals surface area contributed by atoms with E-state index in [0.29, 0.717) is 21.7 Å². The highest BCUT2D eigenvalue weighted by atomic mass is 35.5. The third kappa shape index (κ3) is 2.51. The summed E-state index contributed by atoms with van der Waals surface area (Å²) in [6.45, 7) is 1.84. The Labute approximate surface area is 151 Å². The molecule has 26 heavy (non-hydrogen) atoms. The number of fused-ring (bicyclic) bond motifs is 3. The molecule has 3 heterocycles. The minimum absolute atomic E-state index is 0.143. The Hall–Kier alpha value is -3.26. The third-order valence-electron chi connectivity index (χ3n) is 3.84. The highest BCUT2D eigenvalue weighted by Gasteiger charge is 2.17. The van der Waals surface area contributed by atoms with Crippen LogP contribution in [0.2, 0.25) is 5.02 Å². The number of carbonyl (C=O) groups is 1. The summed E-state index contributed by atoms with van der Waals surface area (Å²) in [4.78, 5) is 33.0. The van der Waals surface area contributed by atoms with Crippen molar-refractivity contribution in [2.24, 2.45) is 0 Å². The van der Waals surface area contributed by atoms with Crippen LogP contribution in [-0.4, -0.2) is 36.7 Å². The van der Waals surface area contributed by atoms with Gasteiger partial charge in [-0.05, 0) is 31.2 Å².